The predicted octanol–water partition coefficient (Wildman–Crippen LogP) is 3.45. The molecule has 0 bridgehead atoms. The Morgan fingerprint density at radius 1 is 1.03 bits per heavy atom. The van der Waals surface area contributed by atoms with Crippen LogP contribution in [0.5, 0.6) is 0 Å². The predicted molar refractivity (Wildman–Crippen MR) is 119 cm³/mol. The summed E-state index contributed by atoms with van der Waals surface area (Å²) in [5.41, 5.74) is -0.433. The molecular weight excluding hydrogens is 432 g/mol. The van der Waals surface area contributed by atoms with Gasteiger partial charge in [-0.15, -0.1) is 0 Å². The average Bonchev–Trinajstić information content (AvgIpc) is 2.83. The lowest BCUT2D eigenvalue weighted by molar-refractivity contribution is -0.222. The number of ether oxygens (including phenoxy) is 4. The number of benzene rings is 2. The molecule has 172 valence electrons. The first kappa shape index (κ1) is 24.3. The first-order valence-electron chi connectivity index (χ1n) is 10.6. The Morgan fingerprint density at radius 3 is 2.31 bits per heavy atom. The second kappa shape index (κ2) is 12.0. The second-order valence-corrected chi connectivity index (χ2v) is 8.47. The Bertz CT molecular complexity index is 861. The van der Waals surface area contributed by atoms with E-state index in [9.17, 15) is 14.7 Å². The summed E-state index contributed by atoms with van der Waals surface area (Å²) < 4.78 is 22.5. The second-order valence-electron chi connectivity index (χ2n) is 7.29. The van der Waals surface area contributed by atoms with Crippen LogP contribution < -0.4 is 0 Å². The topological polar surface area (TPSA) is 91.3 Å². The molecule has 0 amide bonds. The van der Waals surface area contributed by atoms with Crippen LogP contribution in [0, 0.1) is 0 Å². The molecule has 2 aromatic carbocycles. The van der Waals surface area contributed by atoms with Crippen LogP contribution in [0.1, 0.15) is 30.1 Å². The van der Waals surface area contributed by atoms with Crippen molar-refractivity contribution in [3.63, 3.8) is 0 Å². The van der Waals surface area contributed by atoms with Crippen molar-refractivity contribution in [1.29, 1.82) is 0 Å². The van der Waals surface area contributed by atoms with Gasteiger partial charge in [-0.1, -0.05) is 61.5 Å². The van der Waals surface area contributed by atoms with Crippen molar-refractivity contribution in [2.75, 3.05) is 13.7 Å². The number of unbranched alkanes of at least 4 members (excludes halogenated alkanes) is 1. The molecule has 1 fully saturated rings. The van der Waals surface area contributed by atoms with Crippen LogP contribution in [-0.4, -0.2) is 60.6 Å². The van der Waals surface area contributed by atoms with Gasteiger partial charge in [0.1, 0.15) is 17.6 Å². The highest BCUT2D eigenvalue weighted by Gasteiger charge is 2.51. The minimum atomic E-state index is -1.36. The van der Waals surface area contributed by atoms with E-state index < -0.39 is 41.8 Å². The number of carbonyl (C=O) groups excluding carboxylic acids is 2. The molecule has 1 N–H and O–H groups in total. The SMILES string of the molecule is CCCCOC1C(OC(=O)c2ccccc2)[C@@H](Sc2ccccc2)O[C@@H](C(=O)OC)[C@H]1O. The first-order valence-corrected chi connectivity index (χ1v) is 11.4. The summed E-state index contributed by atoms with van der Waals surface area (Å²) in [6.45, 7) is 2.36. The van der Waals surface area contributed by atoms with Gasteiger partial charge in [-0.2, -0.15) is 0 Å². The minimum Gasteiger partial charge on any atom is -0.467 e. The number of thioether (sulfide) groups is 1. The van der Waals surface area contributed by atoms with Crippen LogP contribution >= 0.6 is 11.8 Å². The van der Waals surface area contributed by atoms with E-state index in [0.717, 1.165) is 17.7 Å². The Morgan fingerprint density at radius 2 is 1.69 bits per heavy atom. The molecule has 3 rings (SSSR count). The van der Waals surface area contributed by atoms with Crippen LogP contribution in [0.25, 0.3) is 0 Å². The molecule has 2 unspecified atom stereocenters. The van der Waals surface area contributed by atoms with Gasteiger partial charge < -0.3 is 24.1 Å². The number of hydrogen-bond acceptors (Lipinski definition) is 8. The Hall–Kier alpha value is -2.39. The van der Waals surface area contributed by atoms with E-state index in [1.165, 1.54) is 18.9 Å². The van der Waals surface area contributed by atoms with E-state index in [1.807, 2.05) is 37.3 Å². The zero-order valence-corrected chi connectivity index (χ0v) is 18.9. The Labute approximate surface area is 192 Å². The van der Waals surface area contributed by atoms with Crippen molar-refractivity contribution in [2.24, 2.45) is 0 Å². The molecule has 1 saturated heterocycles. The molecule has 1 aliphatic rings. The fourth-order valence-electron chi connectivity index (χ4n) is 3.31. The van der Waals surface area contributed by atoms with Crippen LogP contribution in [-0.2, 0) is 23.7 Å². The molecule has 2 aromatic rings. The Kier molecular flexibility index (Phi) is 9.11. The van der Waals surface area contributed by atoms with Gasteiger partial charge >= 0.3 is 11.9 Å². The Balaban J connectivity index is 1.91. The van der Waals surface area contributed by atoms with Gasteiger partial charge in [-0.3, -0.25) is 0 Å². The zero-order chi connectivity index (χ0) is 22.9. The van der Waals surface area contributed by atoms with Crippen molar-refractivity contribution in [3.8, 4) is 0 Å². The molecule has 1 heterocycles. The van der Waals surface area contributed by atoms with E-state index in [1.54, 1.807) is 30.3 Å². The maximum absolute atomic E-state index is 12.8. The van der Waals surface area contributed by atoms with Crippen LogP contribution in [0.3, 0.4) is 0 Å². The van der Waals surface area contributed by atoms with Gasteiger partial charge in [0.15, 0.2) is 12.2 Å². The van der Waals surface area contributed by atoms with Crippen molar-refractivity contribution >= 4 is 23.7 Å². The fourth-order valence-corrected chi connectivity index (χ4v) is 4.41. The van der Waals surface area contributed by atoms with Crippen molar-refractivity contribution in [3.05, 3.63) is 66.2 Å². The summed E-state index contributed by atoms with van der Waals surface area (Å²) in [7, 11) is 1.23. The lowest BCUT2D eigenvalue weighted by Crippen LogP contribution is -2.61. The zero-order valence-electron chi connectivity index (χ0n) is 18.1. The van der Waals surface area contributed by atoms with E-state index in [2.05, 4.69) is 0 Å². The van der Waals surface area contributed by atoms with E-state index >= 15 is 0 Å². The average molecular weight is 461 g/mol. The highest BCUT2D eigenvalue weighted by molar-refractivity contribution is 7.99. The maximum Gasteiger partial charge on any atom is 0.338 e. The highest BCUT2D eigenvalue weighted by atomic mass is 32.2. The minimum absolute atomic E-state index is 0.341. The number of methoxy groups -OCH3 is 1. The normalized spacial score (nSPS) is 25.2. The number of carbonyl (C=O) groups is 2. The molecule has 32 heavy (non-hydrogen) atoms. The molecule has 0 spiro atoms. The lowest BCUT2D eigenvalue weighted by atomic mass is 9.99. The van der Waals surface area contributed by atoms with E-state index in [4.69, 9.17) is 18.9 Å². The third-order valence-corrected chi connectivity index (χ3v) is 6.17. The molecule has 1 aliphatic heterocycles. The lowest BCUT2D eigenvalue weighted by Gasteiger charge is -2.42. The first-order chi connectivity index (χ1) is 15.5. The molecule has 0 saturated carbocycles. The van der Waals surface area contributed by atoms with Crippen LogP contribution in [0.2, 0.25) is 0 Å². The van der Waals surface area contributed by atoms with Gasteiger partial charge in [0.2, 0.25) is 0 Å². The number of aliphatic hydroxyl groups is 1. The number of hydrogen-bond donors (Lipinski definition) is 1. The third kappa shape index (κ3) is 6.10. The fraction of sp³-hybridized carbons (Fsp3) is 0.417. The summed E-state index contributed by atoms with van der Waals surface area (Å²) in [6, 6.07) is 18.0. The molecule has 5 atom stereocenters. The smallest absolute Gasteiger partial charge is 0.338 e. The molecular formula is C24H28O7S. The summed E-state index contributed by atoms with van der Waals surface area (Å²) in [5.74, 6) is -1.28. The number of aliphatic hydroxyl groups excluding tert-OH is 1. The van der Waals surface area contributed by atoms with Crippen molar-refractivity contribution in [1.82, 2.24) is 0 Å². The van der Waals surface area contributed by atoms with Crippen molar-refractivity contribution < 1.29 is 33.6 Å². The van der Waals surface area contributed by atoms with Gasteiger partial charge in [0.05, 0.1) is 12.7 Å². The van der Waals surface area contributed by atoms with Gasteiger partial charge in [-0.05, 0) is 30.7 Å². The van der Waals surface area contributed by atoms with E-state index in [-0.39, 0.29) is 0 Å². The van der Waals surface area contributed by atoms with E-state index in [0.29, 0.717) is 12.2 Å². The van der Waals surface area contributed by atoms with Crippen LogP contribution in [0.15, 0.2) is 65.6 Å². The maximum atomic E-state index is 12.8. The quantitative estimate of drug-likeness (QED) is 0.450. The summed E-state index contributed by atoms with van der Waals surface area (Å²) in [4.78, 5) is 26.0. The molecule has 7 nitrogen and oxygen atoms in total. The number of esters is 2. The number of rotatable bonds is 9. The van der Waals surface area contributed by atoms with Gasteiger partial charge in [0.25, 0.3) is 0 Å². The molecule has 0 aromatic heterocycles. The molecule has 0 aliphatic carbocycles. The molecule has 0 radical (unpaired) electrons. The monoisotopic (exact) mass is 460 g/mol. The highest BCUT2D eigenvalue weighted by Crippen LogP contribution is 2.36. The standard InChI is InChI=1S/C24H28O7S/c1-3-4-15-29-19-18(25)20(23(27)28-2)31-24(32-17-13-9-6-10-14-17)21(19)30-22(26)16-11-7-5-8-12-16/h5-14,18-21,24-25H,3-4,15H2,1-2H3/t18-,19?,20+,21?,24+/m0/s1. The van der Waals surface area contributed by atoms with Crippen molar-refractivity contribution in [2.45, 2.75) is 54.5 Å². The molecule has 8 heteroatoms. The van der Waals surface area contributed by atoms with Gasteiger partial charge in [0, 0.05) is 11.5 Å². The summed E-state index contributed by atoms with van der Waals surface area (Å²) in [6.07, 6.45) is -2.91. The summed E-state index contributed by atoms with van der Waals surface area (Å²) >= 11 is 1.29. The third-order valence-electron chi connectivity index (χ3n) is 5.01. The van der Waals surface area contributed by atoms with Crippen LogP contribution in [0.4, 0.5) is 0 Å². The summed E-state index contributed by atoms with van der Waals surface area (Å²) in [5, 5.41) is 10.9. The van der Waals surface area contributed by atoms with Gasteiger partial charge in [-0.25, -0.2) is 9.59 Å². The largest absolute Gasteiger partial charge is 0.467 e.